The fourth-order valence-electron chi connectivity index (χ4n) is 5.70. The van der Waals surface area contributed by atoms with Crippen molar-refractivity contribution in [2.24, 2.45) is 33.9 Å². The minimum absolute atomic E-state index is 0.0152. The summed E-state index contributed by atoms with van der Waals surface area (Å²) in [5.41, 5.74) is 1.95. The highest BCUT2D eigenvalue weighted by molar-refractivity contribution is 5.75. The Labute approximate surface area is 203 Å². The van der Waals surface area contributed by atoms with Crippen LogP contribution in [0.2, 0.25) is 0 Å². The number of nitrogens with zero attached hydrogens (tertiary/aromatic N) is 2. The highest BCUT2D eigenvalue weighted by Crippen LogP contribution is 2.42. The lowest BCUT2D eigenvalue weighted by Crippen LogP contribution is -2.30. The van der Waals surface area contributed by atoms with Crippen molar-refractivity contribution < 1.29 is 14.3 Å². The zero-order valence-electron chi connectivity index (χ0n) is 20.2. The largest absolute Gasteiger partial charge is 0.426 e. The molecule has 34 heavy (non-hydrogen) atoms. The van der Waals surface area contributed by atoms with Crippen LogP contribution in [0.5, 0.6) is 5.75 Å². The molecule has 5 nitrogen and oxygen atoms in total. The van der Waals surface area contributed by atoms with E-state index in [4.69, 9.17) is 4.74 Å². The molecule has 2 aliphatic carbocycles. The summed E-state index contributed by atoms with van der Waals surface area (Å²) in [5.74, 6) is 3.09. The van der Waals surface area contributed by atoms with E-state index in [-0.39, 0.29) is 11.9 Å². The second-order valence-corrected chi connectivity index (χ2v) is 10.0. The molecule has 0 aliphatic heterocycles. The topological polar surface area (TPSA) is 68.1 Å². The van der Waals surface area contributed by atoms with E-state index in [2.05, 4.69) is 17.2 Å². The first kappa shape index (κ1) is 24.3. The Morgan fingerprint density at radius 2 is 1.35 bits per heavy atom. The first-order valence-electron chi connectivity index (χ1n) is 12.9. The van der Waals surface area contributed by atoms with Crippen LogP contribution in [0.1, 0.15) is 81.5 Å². The molecule has 0 atom stereocenters. The van der Waals surface area contributed by atoms with E-state index in [0.29, 0.717) is 22.7 Å². The quantitative estimate of drug-likeness (QED) is 0.172. The fourth-order valence-corrected chi connectivity index (χ4v) is 5.70. The molecule has 0 amide bonds. The molecule has 0 radical (unpaired) electrons. The molecule has 2 aromatic rings. The van der Waals surface area contributed by atoms with Crippen molar-refractivity contribution in [3.8, 4) is 5.75 Å². The lowest BCUT2D eigenvalue weighted by Gasteiger charge is -2.37. The first-order chi connectivity index (χ1) is 16.6. The molecule has 2 saturated carbocycles. The third-order valence-corrected chi connectivity index (χ3v) is 7.73. The molecule has 5 heteroatoms. The van der Waals surface area contributed by atoms with Crippen LogP contribution >= 0.6 is 0 Å². The van der Waals surface area contributed by atoms with E-state index in [1.165, 1.54) is 38.5 Å². The average molecular weight is 461 g/mol. The Morgan fingerprint density at radius 3 is 1.88 bits per heavy atom. The van der Waals surface area contributed by atoms with Gasteiger partial charge in [-0.15, -0.1) is 0 Å². The minimum Gasteiger partial charge on any atom is -0.426 e. The van der Waals surface area contributed by atoms with Gasteiger partial charge >= 0.3 is 5.97 Å². The van der Waals surface area contributed by atoms with Gasteiger partial charge < -0.3 is 4.74 Å². The van der Waals surface area contributed by atoms with Crippen LogP contribution in [0, 0.1) is 23.7 Å². The monoisotopic (exact) mass is 460 g/mol. The normalized spacial score (nSPS) is 25.2. The molecule has 2 aliphatic rings. The van der Waals surface area contributed by atoms with Crippen molar-refractivity contribution in [1.29, 1.82) is 0 Å². The van der Waals surface area contributed by atoms with E-state index in [1.807, 2.05) is 0 Å². The van der Waals surface area contributed by atoms with Crippen LogP contribution < -0.4 is 4.74 Å². The minimum atomic E-state index is -0.102. The van der Waals surface area contributed by atoms with Crippen LogP contribution in [0.4, 0.5) is 11.4 Å². The maximum atomic E-state index is 12.7. The van der Waals surface area contributed by atoms with Crippen LogP contribution in [-0.4, -0.2) is 12.3 Å². The van der Waals surface area contributed by atoms with E-state index in [0.717, 1.165) is 49.7 Å². The summed E-state index contributed by atoms with van der Waals surface area (Å²) in [7, 11) is 0. The summed E-state index contributed by atoms with van der Waals surface area (Å²) < 4.78 is 5.67. The van der Waals surface area contributed by atoms with Gasteiger partial charge in [0.15, 0.2) is 0 Å². The fraction of sp³-hybridized carbons (Fsp3) is 0.517. The van der Waals surface area contributed by atoms with Gasteiger partial charge in [-0.3, -0.25) is 9.59 Å². The summed E-state index contributed by atoms with van der Waals surface area (Å²) in [6.45, 7) is 2.30. The van der Waals surface area contributed by atoms with Gasteiger partial charge in [-0.05, 0) is 105 Å². The number of aldehydes is 1. The molecule has 2 aromatic carbocycles. The summed E-state index contributed by atoms with van der Waals surface area (Å²) in [5, 5.41) is 8.38. The SMILES string of the molecule is CCCC1CCC(C2CCC(C(=O)Oc3ccc(N=Nc4ccc(C=O)cc4)cc3)CC2)CC1. The number of carbonyl (C=O) groups is 2. The third-order valence-electron chi connectivity index (χ3n) is 7.73. The third kappa shape index (κ3) is 6.62. The van der Waals surface area contributed by atoms with E-state index in [1.54, 1.807) is 48.5 Å². The predicted octanol–water partition coefficient (Wildman–Crippen LogP) is 8.23. The zero-order chi connectivity index (χ0) is 23.8. The molecular weight excluding hydrogens is 424 g/mol. The summed E-state index contributed by atoms with van der Waals surface area (Å²) in [6.07, 6.45) is 13.3. The maximum absolute atomic E-state index is 12.7. The molecule has 0 bridgehead atoms. The van der Waals surface area contributed by atoms with Gasteiger partial charge in [0, 0.05) is 5.56 Å². The number of benzene rings is 2. The summed E-state index contributed by atoms with van der Waals surface area (Å²) >= 11 is 0. The van der Waals surface area contributed by atoms with Crippen LogP contribution in [-0.2, 0) is 4.79 Å². The van der Waals surface area contributed by atoms with Crippen molar-refractivity contribution in [2.75, 3.05) is 0 Å². The second-order valence-electron chi connectivity index (χ2n) is 10.0. The highest BCUT2D eigenvalue weighted by atomic mass is 16.5. The van der Waals surface area contributed by atoms with Gasteiger partial charge in [0.2, 0.25) is 0 Å². The van der Waals surface area contributed by atoms with Crippen molar-refractivity contribution in [3.63, 3.8) is 0 Å². The molecular formula is C29H36N2O3. The molecule has 0 aromatic heterocycles. The standard InChI is InChI=1S/C29H36N2O3/c1-2-3-21-4-8-23(9-5-21)24-10-12-25(13-11-24)29(33)34-28-18-16-27(17-19-28)31-30-26-14-6-22(20-32)7-15-26/h6-7,14-21,23-25H,2-5,8-13H2,1H3. The van der Waals surface area contributed by atoms with Crippen molar-refractivity contribution in [1.82, 2.24) is 0 Å². The van der Waals surface area contributed by atoms with Crippen LogP contribution in [0.25, 0.3) is 0 Å². The Hall–Kier alpha value is -2.82. The molecule has 0 heterocycles. The van der Waals surface area contributed by atoms with Gasteiger partial charge in [-0.2, -0.15) is 10.2 Å². The van der Waals surface area contributed by atoms with Crippen molar-refractivity contribution in [3.05, 3.63) is 54.1 Å². The number of hydrogen-bond donors (Lipinski definition) is 0. The predicted molar refractivity (Wildman–Crippen MR) is 134 cm³/mol. The molecule has 0 N–H and O–H groups in total. The van der Waals surface area contributed by atoms with Crippen molar-refractivity contribution >= 4 is 23.6 Å². The number of hydrogen-bond acceptors (Lipinski definition) is 5. The number of esters is 1. The number of ether oxygens (including phenoxy) is 1. The van der Waals surface area contributed by atoms with E-state index in [9.17, 15) is 9.59 Å². The van der Waals surface area contributed by atoms with Gasteiger partial charge in [0.1, 0.15) is 12.0 Å². The lowest BCUT2D eigenvalue weighted by molar-refractivity contribution is -0.140. The van der Waals surface area contributed by atoms with Crippen LogP contribution in [0.3, 0.4) is 0 Å². The Morgan fingerprint density at radius 1 is 0.824 bits per heavy atom. The average Bonchev–Trinajstić information content (AvgIpc) is 2.89. The van der Waals surface area contributed by atoms with Gasteiger partial charge in [-0.1, -0.05) is 32.6 Å². The van der Waals surface area contributed by atoms with Crippen LogP contribution in [0.15, 0.2) is 58.8 Å². The molecule has 0 unspecified atom stereocenters. The smallest absolute Gasteiger partial charge is 0.314 e. The number of azo groups is 1. The zero-order valence-corrected chi connectivity index (χ0v) is 20.2. The molecule has 4 rings (SSSR count). The second kappa shape index (κ2) is 12.0. The van der Waals surface area contributed by atoms with Crippen molar-refractivity contribution in [2.45, 2.75) is 71.1 Å². The Balaban J connectivity index is 1.22. The molecule has 2 fully saturated rings. The van der Waals surface area contributed by atoms with Gasteiger partial charge in [0.05, 0.1) is 17.3 Å². The molecule has 0 saturated heterocycles. The molecule has 0 spiro atoms. The van der Waals surface area contributed by atoms with Gasteiger partial charge in [0.25, 0.3) is 0 Å². The first-order valence-corrected chi connectivity index (χ1v) is 12.9. The summed E-state index contributed by atoms with van der Waals surface area (Å²) in [4.78, 5) is 23.4. The van der Waals surface area contributed by atoms with E-state index >= 15 is 0 Å². The highest BCUT2D eigenvalue weighted by Gasteiger charge is 2.33. The number of carbonyl (C=O) groups excluding carboxylic acids is 2. The Kier molecular flexibility index (Phi) is 8.62. The lowest BCUT2D eigenvalue weighted by atomic mass is 9.69. The number of rotatable bonds is 8. The molecule has 180 valence electrons. The van der Waals surface area contributed by atoms with E-state index < -0.39 is 0 Å². The maximum Gasteiger partial charge on any atom is 0.314 e. The summed E-state index contributed by atoms with van der Waals surface area (Å²) in [6, 6.07) is 14.0. The Bertz CT molecular complexity index is 952. The van der Waals surface area contributed by atoms with Gasteiger partial charge in [-0.25, -0.2) is 0 Å².